The van der Waals surface area contributed by atoms with E-state index >= 15 is 0 Å². The minimum atomic E-state index is -0.622. The number of aliphatic hydroxyl groups is 1. The summed E-state index contributed by atoms with van der Waals surface area (Å²) in [6.45, 7) is 3.98. The molecule has 2 aromatic rings. The van der Waals surface area contributed by atoms with Gasteiger partial charge < -0.3 is 9.84 Å². The molecule has 0 saturated heterocycles. The Kier molecular flexibility index (Phi) is 4.27. The zero-order valence-electron chi connectivity index (χ0n) is 11.3. The number of benzene rings is 2. The van der Waals surface area contributed by atoms with Crippen molar-refractivity contribution in [2.24, 2.45) is 0 Å². The van der Waals surface area contributed by atoms with E-state index in [9.17, 15) is 5.11 Å². The van der Waals surface area contributed by atoms with Gasteiger partial charge >= 0.3 is 0 Å². The summed E-state index contributed by atoms with van der Waals surface area (Å²) < 4.78 is 6.20. The average Bonchev–Trinajstić information content (AvgIpc) is 2.41. The van der Waals surface area contributed by atoms with E-state index in [1.165, 1.54) is 0 Å². The lowest BCUT2D eigenvalue weighted by Gasteiger charge is -2.17. The fourth-order valence-electron chi connectivity index (χ4n) is 2.17. The van der Waals surface area contributed by atoms with Crippen molar-refractivity contribution in [1.29, 1.82) is 0 Å². The second kappa shape index (κ2) is 5.76. The Labute approximate surface area is 122 Å². The first-order chi connectivity index (χ1) is 9.04. The highest BCUT2D eigenvalue weighted by Crippen LogP contribution is 2.31. The molecule has 1 N–H and O–H groups in total. The summed E-state index contributed by atoms with van der Waals surface area (Å²) in [5, 5.41) is 10.6. The highest BCUT2D eigenvalue weighted by atomic mass is 79.9. The lowest BCUT2D eigenvalue weighted by atomic mass is 9.94. The summed E-state index contributed by atoms with van der Waals surface area (Å²) in [5.74, 6) is 0.805. The second-order valence-corrected chi connectivity index (χ2v) is 5.43. The predicted molar refractivity (Wildman–Crippen MR) is 80.7 cm³/mol. The molecule has 0 aromatic heterocycles. The van der Waals surface area contributed by atoms with E-state index in [0.29, 0.717) is 0 Å². The molecule has 0 amide bonds. The third-order valence-electron chi connectivity index (χ3n) is 3.38. The molecule has 0 fully saturated rings. The molecule has 0 aliphatic rings. The lowest BCUT2D eigenvalue weighted by Crippen LogP contribution is -2.04. The number of rotatable bonds is 3. The van der Waals surface area contributed by atoms with Crippen molar-refractivity contribution in [1.82, 2.24) is 0 Å². The van der Waals surface area contributed by atoms with Gasteiger partial charge in [0.05, 0.1) is 7.11 Å². The van der Waals surface area contributed by atoms with Gasteiger partial charge in [0.2, 0.25) is 0 Å². The average molecular weight is 321 g/mol. The molecule has 2 aromatic carbocycles. The molecule has 0 bridgehead atoms. The molecule has 1 atom stereocenters. The SMILES string of the molecule is COc1ccc(C(O)c2cccc(Br)c2C)c(C)c1. The maximum Gasteiger partial charge on any atom is 0.119 e. The topological polar surface area (TPSA) is 29.5 Å². The number of hydrogen-bond acceptors (Lipinski definition) is 2. The van der Waals surface area contributed by atoms with Gasteiger partial charge in [-0.25, -0.2) is 0 Å². The third-order valence-corrected chi connectivity index (χ3v) is 4.23. The van der Waals surface area contributed by atoms with E-state index in [2.05, 4.69) is 15.9 Å². The number of aryl methyl sites for hydroxylation is 1. The Bertz CT molecular complexity index is 593. The molecular formula is C16H17BrO2. The Morgan fingerprint density at radius 1 is 1.11 bits per heavy atom. The summed E-state index contributed by atoms with van der Waals surface area (Å²) in [4.78, 5) is 0. The van der Waals surface area contributed by atoms with E-state index in [0.717, 1.165) is 32.5 Å². The Balaban J connectivity index is 2.44. The van der Waals surface area contributed by atoms with Gasteiger partial charge in [0.1, 0.15) is 11.9 Å². The van der Waals surface area contributed by atoms with E-state index in [1.807, 2.05) is 50.2 Å². The maximum atomic E-state index is 10.6. The van der Waals surface area contributed by atoms with Crippen molar-refractivity contribution in [3.8, 4) is 5.75 Å². The Morgan fingerprint density at radius 2 is 1.84 bits per heavy atom. The zero-order valence-corrected chi connectivity index (χ0v) is 12.9. The highest BCUT2D eigenvalue weighted by molar-refractivity contribution is 9.10. The molecule has 0 aliphatic heterocycles. The molecule has 0 radical (unpaired) electrons. The van der Waals surface area contributed by atoms with Gasteiger partial charge in [-0.05, 0) is 54.3 Å². The van der Waals surface area contributed by atoms with Gasteiger partial charge in [-0.1, -0.05) is 34.1 Å². The van der Waals surface area contributed by atoms with Crippen LogP contribution >= 0.6 is 15.9 Å². The number of methoxy groups -OCH3 is 1. The van der Waals surface area contributed by atoms with E-state index in [1.54, 1.807) is 7.11 Å². The molecule has 100 valence electrons. The highest BCUT2D eigenvalue weighted by Gasteiger charge is 2.16. The fraction of sp³-hybridized carbons (Fsp3) is 0.250. The molecule has 3 heteroatoms. The van der Waals surface area contributed by atoms with Crippen LogP contribution in [0, 0.1) is 13.8 Å². The predicted octanol–water partition coefficient (Wildman–Crippen LogP) is 4.16. The molecule has 0 heterocycles. The van der Waals surface area contributed by atoms with Gasteiger partial charge in [0, 0.05) is 4.47 Å². The van der Waals surface area contributed by atoms with Crippen LogP contribution in [0.4, 0.5) is 0 Å². The van der Waals surface area contributed by atoms with Gasteiger partial charge in [-0.3, -0.25) is 0 Å². The molecule has 2 nitrogen and oxygen atoms in total. The fourth-order valence-corrected chi connectivity index (χ4v) is 2.55. The van der Waals surface area contributed by atoms with Crippen molar-refractivity contribution in [2.45, 2.75) is 20.0 Å². The summed E-state index contributed by atoms with van der Waals surface area (Å²) >= 11 is 3.50. The van der Waals surface area contributed by atoms with Crippen molar-refractivity contribution in [2.75, 3.05) is 7.11 Å². The molecular weight excluding hydrogens is 304 g/mol. The first-order valence-corrected chi connectivity index (χ1v) is 6.91. The van der Waals surface area contributed by atoms with E-state index in [4.69, 9.17) is 4.74 Å². The summed E-state index contributed by atoms with van der Waals surface area (Å²) in [6, 6.07) is 11.6. The standard InChI is InChI=1S/C16H17BrO2/c1-10-9-12(19-3)7-8-13(10)16(18)14-5-4-6-15(17)11(14)2/h4-9,16,18H,1-3H3. The van der Waals surface area contributed by atoms with E-state index in [-0.39, 0.29) is 0 Å². The Hall–Kier alpha value is -1.32. The van der Waals surface area contributed by atoms with Crippen LogP contribution in [0.1, 0.15) is 28.4 Å². The lowest BCUT2D eigenvalue weighted by molar-refractivity contribution is 0.218. The van der Waals surface area contributed by atoms with Crippen LogP contribution in [-0.4, -0.2) is 12.2 Å². The minimum Gasteiger partial charge on any atom is -0.497 e. The van der Waals surface area contributed by atoms with Crippen molar-refractivity contribution >= 4 is 15.9 Å². The largest absolute Gasteiger partial charge is 0.497 e. The third kappa shape index (κ3) is 2.82. The van der Waals surface area contributed by atoms with Crippen molar-refractivity contribution in [3.63, 3.8) is 0 Å². The number of halogens is 1. The maximum absolute atomic E-state index is 10.6. The van der Waals surface area contributed by atoms with Crippen LogP contribution in [0.5, 0.6) is 5.75 Å². The van der Waals surface area contributed by atoms with Gasteiger partial charge in [-0.15, -0.1) is 0 Å². The van der Waals surface area contributed by atoms with Crippen LogP contribution in [0.25, 0.3) is 0 Å². The normalized spacial score (nSPS) is 12.3. The molecule has 1 unspecified atom stereocenters. The number of hydrogen-bond donors (Lipinski definition) is 1. The van der Waals surface area contributed by atoms with Crippen LogP contribution in [0.2, 0.25) is 0 Å². The molecule has 0 aliphatic carbocycles. The molecule has 2 rings (SSSR count). The van der Waals surface area contributed by atoms with Crippen molar-refractivity contribution < 1.29 is 9.84 Å². The van der Waals surface area contributed by atoms with Crippen LogP contribution in [0.3, 0.4) is 0 Å². The number of ether oxygens (including phenoxy) is 1. The van der Waals surface area contributed by atoms with E-state index < -0.39 is 6.10 Å². The smallest absolute Gasteiger partial charge is 0.119 e. The first kappa shape index (κ1) is 14.1. The van der Waals surface area contributed by atoms with Crippen molar-refractivity contribution in [3.05, 3.63) is 63.1 Å². The van der Waals surface area contributed by atoms with Crippen LogP contribution in [0.15, 0.2) is 40.9 Å². The summed E-state index contributed by atoms with van der Waals surface area (Å²) in [5.41, 5.74) is 3.90. The van der Waals surface area contributed by atoms with Gasteiger partial charge in [-0.2, -0.15) is 0 Å². The van der Waals surface area contributed by atoms with Gasteiger partial charge in [0.15, 0.2) is 0 Å². The monoisotopic (exact) mass is 320 g/mol. The molecule has 0 saturated carbocycles. The first-order valence-electron chi connectivity index (χ1n) is 6.12. The van der Waals surface area contributed by atoms with Crippen LogP contribution < -0.4 is 4.74 Å². The minimum absolute atomic E-state index is 0.622. The molecule has 19 heavy (non-hydrogen) atoms. The zero-order chi connectivity index (χ0) is 14.0. The van der Waals surface area contributed by atoms with Crippen LogP contribution in [-0.2, 0) is 0 Å². The number of aliphatic hydroxyl groups excluding tert-OH is 1. The van der Waals surface area contributed by atoms with Gasteiger partial charge in [0.25, 0.3) is 0 Å². The Morgan fingerprint density at radius 3 is 2.47 bits per heavy atom. The summed E-state index contributed by atoms with van der Waals surface area (Å²) in [7, 11) is 1.64. The second-order valence-electron chi connectivity index (χ2n) is 4.58. The molecule has 0 spiro atoms. The summed E-state index contributed by atoms with van der Waals surface area (Å²) in [6.07, 6.45) is -0.622. The quantitative estimate of drug-likeness (QED) is 0.920.